The lowest BCUT2D eigenvalue weighted by Gasteiger charge is -2.16. The Morgan fingerprint density at radius 3 is 3.11 bits per heavy atom. The molecule has 0 aromatic carbocycles. The molecule has 18 heavy (non-hydrogen) atoms. The van der Waals surface area contributed by atoms with Crippen molar-refractivity contribution >= 4 is 6.01 Å². The van der Waals surface area contributed by atoms with E-state index in [4.69, 9.17) is 10.8 Å². The molecular weight excluding hydrogens is 226 g/mol. The second-order valence-electron chi connectivity index (χ2n) is 4.83. The molecule has 1 saturated carbocycles. The van der Waals surface area contributed by atoms with Crippen molar-refractivity contribution in [1.82, 2.24) is 10.3 Å². The van der Waals surface area contributed by atoms with E-state index in [1.807, 2.05) is 0 Å². The highest BCUT2D eigenvalue weighted by atomic mass is 16.4. The number of nitrogens with one attached hydrogen (secondary N) is 1. The van der Waals surface area contributed by atoms with Crippen molar-refractivity contribution in [3.05, 3.63) is 12.0 Å². The smallest absolute Gasteiger partial charge is 0.298 e. The third-order valence-corrected chi connectivity index (χ3v) is 3.00. The Bertz CT molecular complexity index is 403. The van der Waals surface area contributed by atoms with Gasteiger partial charge >= 0.3 is 0 Å². The van der Waals surface area contributed by atoms with E-state index >= 15 is 0 Å². The Hall–Kier alpha value is -1.47. The molecule has 0 bridgehead atoms. The lowest BCUT2D eigenvalue weighted by Crippen LogP contribution is -2.26. The van der Waals surface area contributed by atoms with E-state index in [1.54, 1.807) is 6.26 Å². The molecule has 1 aliphatic rings. The summed E-state index contributed by atoms with van der Waals surface area (Å²) in [5, 5.41) is 3.31. The van der Waals surface area contributed by atoms with Gasteiger partial charge in [-0.25, -0.2) is 0 Å². The van der Waals surface area contributed by atoms with Crippen molar-refractivity contribution in [3.8, 4) is 12.3 Å². The summed E-state index contributed by atoms with van der Waals surface area (Å²) in [6, 6.07) is 0.660. The Kier molecular flexibility index (Phi) is 4.66. The van der Waals surface area contributed by atoms with E-state index in [2.05, 4.69) is 28.0 Å². The Labute approximate surface area is 109 Å². The summed E-state index contributed by atoms with van der Waals surface area (Å²) < 4.78 is 5.52. The lowest BCUT2D eigenvalue weighted by molar-refractivity contribution is 0.533. The van der Waals surface area contributed by atoms with Crippen molar-refractivity contribution in [2.24, 2.45) is 5.92 Å². The minimum atomic E-state index is 0.568. The van der Waals surface area contributed by atoms with Crippen LogP contribution in [0.5, 0.6) is 0 Å². The number of terminal acetylenes is 1. The summed E-state index contributed by atoms with van der Waals surface area (Å²) in [6.45, 7) is 5.43. The third-order valence-electron chi connectivity index (χ3n) is 3.00. The van der Waals surface area contributed by atoms with Gasteiger partial charge in [0.15, 0.2) is 0 Å². The number of aromatic nitrogens is 1. The topological polar surface area (TPSA) is 41.3 Å². The highest BCUT2D eigenvalue weighted by Crippen LogP contribution is 2.31. The van der Waals surface area contributed by atoms with Crippen LogP contribution in [-0.4, -0.2) is 24.6 Å². The fourth-order valence-electron chi connectivity index (χ4n) is 1.85. The van der Waals surface area contributed by atoms with Crippen LogP contribution in [0.1, 0.15) is 31.9 Å². The van der Waals surface area contributed by atoms with E-state index < -0.39 is 0 Å². The molecule has 0 saturated heterocycles. The Morgan fingerprint density at radius 1 is 1.61 bits per heavy atom. The van der Waals surface area contributed by atoms with Crippen LogP contribution in [0, 0.1) is 18.3 Å². The van der Waals surface area contributed by atoms with Gasteiger partial charge < -0.3 is 14.6 Å². The van der Waals surface area contributed by atoms with Crippen LogP contribution in [-0.2, 0) is 6.54 Å². The summed E-state index contributed by atoms with van der Waals surface area (Å²) in [5.41, 5.74) is 0.941. The van der Waals surface area contributed by atoms with Crippen LogP contribution < -0.4 is 10.2 Å². The summed E-state index contributed by atoms with van der Waals surface area (Å²) in [4.78, 5) is 6.54. The maximum absolute atomic E-state index is 5.52. The predicted molar refractivity (Wildman–Crippen MR) is 72.3 cm³/mol. The second kappa shape index (κ2) is 6.46. The SMILES string of the molecule is C#CCN(CC1CC1)c1nc(CNCCC)co1. The molecule has 98 valence electrons. The van der Waals surface area contributed by atoms with E-state index in [0.717, 1.165) is 37.7 Å². The van der Waals surface area contributed by atoms with Gasteiger partial charge in [-0.05, 0) is 31.7 Å². The van der Waals surface area contributed by atoms with Crippen molar-refractivity contribution < 1.29 is 4.42 Å². The average Bonchev–Trinajstić information content (AvgIpc) is 3.06. The van der Waals surface area contributed by atoms with E-state index in [1.165, 1.54) is 12.8 Å². The molecule has 0 unspecified atom stereocenters. The highest BCUT2D eigenvalue weighted by Gasteiger charge is 2.26. The minimum Gasteiger partial charge on any atom is -0.432 e. The van der Waals surface area contributed by atoms with Gasteiger partial charge in [0, 0.05) is 13.1 Å². The molecular formula is C14H21N3O. The molecule has 0 radical (unpaired) electrons. The van der Waals surface area contributed by atoms with Gasteiger partial charge in [-0.3, -0.25) is 0 Å². The molecule has 1 N–H and O–H groups in total. The van der Waals surface area contributed by atoms with Crippen molar-refractivity contribution in [1.29, 1.82) is 0 Å². The molecule has 0 aliphatic heterocycles. The van der Waals surface area contributed by atoms with Crippen LogP contribution in [0.25, 0.3) is 0 Å². The standard InChI is InChI=1S/C14H21N3O/c1-3-7-15-9-13-11-18-14(16-13)17(8-4-2)10-12-5-6-12/h2,11-12,15H,3,5-10H2,1H3. The Balaban J connectivity index is 1.90. The number of hydrogen-bond acceptors (Lipinski definition) is 4. The fourth-order valence-corrected chi connectivity index (χ4v) is 1.85. The maximum Gasteiger partial charge on any atom is 0.298 e. The molecule has 2 rings (SSSR count). The minimum absolute atomic E-state index is 0.568. The number of anilines is 1. The maximum atomic E-state index is 5.52. The fraction of sp³-hybridized carbons (Fsp3) is 0.643. The van der Waals surface area contributed by atoms with Gasteiger partial charge in [0.25, 0.3) is 6.01 Å². The normalized spacial score (nSPS) is 14.4. The van der Waals surface area contributed by atoms with Crippen molar-refractivity contribution in [2.75, 3.05) is 24.5 Å². The highest BCUT2D eigenvalue weighted by molar-refractivity contribution is 5.30. The predicted octanol–water partition coefficient (Wildman–Crippen LogP) is 2.02. The van der Waals surface area contributed by atoms with Crippen molar-refractivity contribution in [3.63, 3.8) is 0 Å². The summed E-state index contributed by atoms with van der Waals surface area (Å²) in [7, 11) is 0. The molecule has 1 fully saturated rings. The van der Waals surface area contributed by atoms with Crippen LogP contribution in [0.2, 0.25) is 0 Å². The first-order valence-corrected chi connectivity index (χ1v) is 6.67. The van der Waals surface area contributed by atoms with Crippen LogP contribution in [0.15, 0.2) is 10.7 Å². The molecule has 1 aromatic heterocycles. The molecule has 1 aliphatic carbocycles. The van der Waals surface area contributed by atoms with E-state index in [9.17, 15) is 0 Å². The molecule has 0 amide bonds. The molecule has 1 heterocycles. The van der Waals surface area contributed by atoms with Gasteiger partial charge in [0.2, 0.25) is 0 Å². The zero-order valence-corrected chi connectivity index (χ0v) is 11.0. The number of rotatable bonds is 8. The van der Waals surface area contributed by atoms with Crippen LogP contribution >= 0.6 is 0 Å². The molecule has 0 spiro atoms. The van der Waals surface area contributed by atoms with Gasteiger partial charge in [-0.15, -0.1) is 6.42 Å². The molecule has 4 nitrogen and oxygen atoms in total. The first kappa shape index (κ1) is 13.0. The second-order valence-corrected chi connectivity index (χ2v) is 4.83. The molecule has 1 aromatic rings. The lowest BCUT2D eigenvalue weighted by atomic mass is 10.4. The van der Waals surface area contributed by atoms with Gasteiger partial charge in [-0.2, -0.15) is 4.98 Å². The number of nitrogens with zero attached hydrogens (tertiary/aromatic N) is 2. The quantitative estimate of drug-likeness (QED) is 0.563. The van der Waals surface area contributed by atoms with E-state index in [0.29, 0.717) is 12.6 Å². The Morgan fingerprint density at radius 2 is 2.44 bits per heavy atom. The van der Waals surface area contributed by atoms with E-state index in [-0.39, 0.29) is 0 Å². The first-order chi connectivity index (χ1) is 8.83. The van der Waals surface area contributed by atoms with Crippen LogP contribution in [0.3, 0.4) is 0 Å². The molecule has 0 atom stereocenters. The zero-order chi connectivity index (χ0) is 12.8. The monoisotopic (exact) mass is 247 g/mol. The zero-order valence-electron chi connectivity index (χ0n) is 11.0. The molecule has 4 heteroatoms. The number of oxazole rings is 1. The summed E-state index contributed by atoms with van der Waals surface area (Å²) in [5.74, 6) is 3.44. The van der Waals surface area contributed by atoms with Crippen molar-refractivity contribution in [2.45, 2.75) is 32.7 Å². The summed E-state index contributed by atoms with van der Waals surface area (Å²) >= 11 is 0. The van der Waals surface area contributed by atoms with Gasteiger partial charge in [0.1, 0.15) is 6.26 Å². The van der Waals surface area contributed by atoms with Gasteiger partial charge in [-0.1, -0.05) is 12.8 Å². The average molecular weight is 247 g/mol. The van der Waals surface area contributed by atoms with Gasteiger partial charge in [0.05, 0.1) is 12.2 Å². The summed E-state index contributed by atoms with van der Waals surface area (Å²) in [6.07, 6.45) is 10.8. The third kappa shape index (κ3) is 3.78. The van der Waals surface area contributed by atoms with Crippen LogP contribution in [0.4, 0.5) is 6.01 Å². The first-order valence-electron chi connectivity index (χ1n) is 6.67. The number of hydrogen-bond donors (Lipinski definition) is 1. The largest absolute Gasteiger partial charge is 0.432 e.